The summed E-state index contributed by atoms with van der Waals surface area (Å²) in [7, 11) is 0. The first-order valence-corrected chi connectivity index (χ1v) is 7.68. The molecule has 1 N–H and O–H groups in total. The lowest BCUT2D eigenvalue weighted by atomic mass is 9.89. The van der Waals surface area contributed by atoms with Crippen molar-refractivity contribution in [3.05, 3.63) is 41.5 Å². The Kier molecular flexibility index (Phi) is 6.18. The SMILES string of the molecule is CCCNC(C1=CCCCC1)c1ccccc1OC(F)F. The van der Waals surface area contributed by atoms with Gasteiger partial charge in [0.2, 0.25) is 0 Å². The van der Waals surface area contributed by atoms with Gasteiger partial charge in [-0.3, -0.25) is 0 Å². The van der Waals surface area contributed by atoms with Gasteiger partial charge >= 0.3 is 6.61 Å². The van der Waals surface area contributed by atoms with Crippen molar-refractivity contribution in [2.45, 2.75) is 51.7 Å². The zero-order valence-electron chi connectivity index (χ0n) is 12.4. The zero-order valence-corrected chi connectivity index (χ0v) is 12.4. The van der Waals surface area contributed by atoms with E-state index < -0.39 is 6.61 Å². The fourth-order valence-corrected chi connectivity index (χ4v) is 2.78. The first kappa shape index (κ1) is 16.0. The number of hydrogen-bond acceptors (Lipinski definition) is 2. The van der Waals surface area contributed by atoms with Crippen LogP contribution in [0.4, 0.5) is 8.78 Å². The van der Waals surface area contributed by atoms with Crippen LogP contribution in [0.5, 0.6) is 5.75 Å². The van der Waals surface area contributed by atoms with E-state index in [1.54, 1.807) is 12.1 Å². The van der Waals surface area contributed by atoms with E-state index in [1.807, 2.05) is 12.1 Å². The van der Waals surface area contributed by atoms with Crippen LogP contribution in [-0.2, 0) is 0 Å². The van der Waals surface area contributed by atoms with Crippen LogP contribution in [0.2, 0.25) is 0 Å². The maximum Gasteiger partial charge on any atom is 0.387 e. The molecule has 0 bridgehead atoms. The van der Waals surface area contributed by atoms with Gasteiger partial charge in [-0.05, 0) is 44.7 Å². The molecule has 116 valence electrons. The van der Waals surface area contributed by atoms with Crippen LogP contribution in [-0.4, -0.2) is 13.2 Å². The molecule has 0 amide bonds. The Morgan fingerprint density at radius 1 is 1.24 bits per heavy atom. The molecule has 0 saturated carbocycles. The molecule has 1 aromatic carbocycles. The number of nitrogens with one attached hydrogen (secondary N) is 1. The quantitative estimate of drug-likeness (QED) is 0.727. The molecule has 1 aliphatic carbocycles. The highest BCUT2D eigenvalue weighted by Crippen LogP contribution is 2.35. The Labute approximate surface area is 125 Å². The minimum Gasteiger partial charge on any atom is -0.434 e. The molecule has 21 heavy (non-hydrogen) atoms. The number of ether oxygens (including phenoxy) is 1. The number of benzene rings is 1. The summed E-state index contributed by atoms with van der Waals surface area (Å²) >= 11 is 0. The number of para-hydroxylation sites is 1. The van der Waals surface area contributed by atoms with Crippen LogP contribution in [0.15, 0.2) is 35.9 Å². The van der Waals surface area contributed by atoms with Gasteiger partial charge in [-0.25, -0.2) is 0 Å². The number of allylic oxidation sites excluding steroid dienone is 1. The van der Waals surface area contributed by atoms with Crippen molar-refractivity contribution < 1.29 is 13.5 Å². The minimum atomic E-state index is -2.79. The molecule has 0 aromatic heterocycles. The maximum absolute atomic E-state index is 12.6. The molecular formula is C17H23F2NO. The topological polar surface area (TPSA) is 21.3 Å². The second-order valence-electron chi connectivity index (χ2n) is 5.33. The van der Waals surface area contributed by atoms with E-state index in [9.17, 15) is 8.78 Å². The molecule has 1 unspecified atom stereocenters. The average Bonchev–Trinajstić information content (AvgIpc) is 2.50. The first-order chi connectivity index (χ1) is 10.2. The molecule has 0 fully saturated rings. The Morgan fingerprint density at radius 2 is 2.05 bits per heavy atom. The van der Waals surface area contributed by atoms with Gasteiger partial charge in [-0.15, -0.1) is 0 Å². The molecule has 0 aliphatic heterocycles. The van der Waals surface area contributed by atoms with Crippen molar-refractivity contribution in [3.8, 4) is 5.75 Å². The van der Waals surface area contributed by atoms with Crippen LogP contribution in [0.1, 0.15) is 50.6 Å². The summed E-state index contributed by atoms with van der Waals surface area (Å²) < 4.78 is 29.9. The van der Waals surface area contributed by atoms with Crippen molar-refractivity contribution in [3.63, 3.8) is 0 Å². The number of halogens is 2. The summed E-state index contributed by atoms with van der Waals surface area (Å²) in [5.74, 6) is 0.271. The van der Waals surface area contributed by atoms with E-state index >= 15 is 0 Å². The summed E-state index contributed by atoms with van der Waals surface area (Å²) in [6, 6.07) is 7.07. The molecular weight excluding hydrogens is 272 g/mol. The third-order valence-corrected chi connectivity index (χ3v) is 3.74. The van der Waals surface area contributed by atoms with Crippen molar-refractivity contribution in [2.75, 3.05) is 6.54 Å². The smallest absolute Gasteiger partial charge is 0.387 e. The molecule has 4 heteroatoms. The summed E-state index contributed by atoms with van der Waals surface area (Å²) in [5, 5.41) is 3.48. The van der Waals surface area contributed by atoms with E-state index in [4.69, 9.17) is 4.74 Å². The molecule has 1 atom stereocenters. The molecule has 2 nitrogen and oxygen atoms in total. The zero-order chi connectivity index (χ0) is 15.1. The fourth-order valence-electron chi connectivity index (χ4n) is 2.78. The van der Waals surface area contributed by atoms with Crippen LogP contribution >= 0.6 is 0 Å². The Balaban J connectivity index is 2.29. The molecule has 0 heterocycles. The van der Waals surface area contributed by atoms with Crippen LogP contribution < -0.4 is 10.1 Å². The van der Waals surface area contributed by atoms with Gasteiger partial charge in [0.25, 0.3) is 0 Å². The largest absolute Gasteiger partial charge is 0.434 e. The lowest BCUT2D eigenvalue weighted by Gasteiger charge is -2.26. The second-order valence-corrected chi connectivity index (χ2v) is 5.33. The van der Waals surface area contributed by atoms with Gasteiger partial charge in [0, 0.05) is 5.56 Å². The third-order valence-electron chi connectivity index (χ3n) is 3.74. The number of rotatable bonds is 7. The number of hydrogen-bond donors (Lipinski definition) is 1. The highest BCUT2D eigenvalue weighted by molar-refractivity contribution is 5.40. The standard InChI is InChI=1S/C17H23F2NO/c1-2-12-20-16(13-8-4-3-5-9-13)14-10-6-7-11-15(14)21-17(18)19/h6-8,10-11,16-17,20H,2-5,9,12H2,1H3. The first-order valence-electron chi connectivity index (χ1n) is 7.68. The molecule has 0 saturated heterocycles. The summed E-state index contributed by atoms with van der Waals surface area (Å²) in [5.41, 5.74) is 2.10. The van der Waals surface area contributed by atoms with Gasteiger partial charge in [0.1, 0.15) is 5.75 Å². The molecule has 0 radical (unpaired) electrons. The Hall–Kier alpha value is -1.42. The van der Waals surface area contributed by atoms with Crippen molar-refractivity contribution in [2.24, 2.45) is 0 Å². The van der Waals surface area contributed by atoms with Crippen molar-refractivity contribution in [1.82, 2.24) is 5.32 Å². The highest BCUT2D eigenvalue weighted by atomic mass is 19.3. The van der Waals surface area contributed by atoms with E-state index in [0.29, 0.717) is 0 Å². The van der Waals surface area contributed by atoms with Gasteiger partial charge in [-0.1, -0.05) is 36.8 Å². The predicted molar refractivity (Wildman–Crippen MR) is 80.7 cm³/mol. The van der Waals surface area contributed by atoms with Crippen molar-refractivity contribution in [1.29, 1.82) is 0 Å². The molecule has 0 spiro atoms. The summed E-state index contributed by atoms with van der Waals surface area (Å²) in [6.07, 6.45) is 7.70. The van der Waals surface area contributed by atoms with Crippen LogP contribution in [0.25, 0.3) is 0 Å². The van der Waals surface area contributed by atoms with E-state index in [2.05, 4.69) is 18.3 Å². The predicted octanol–water partition coefficient (Wildman–Crippen LogP) is 4.83. The maximum atomic E-state index is 12.6. The van der Waals surface area contributed by atoms with E-state index in [-0.39, 0.29) is 11.8 Å². The average molecular weight is 295 g/mol. The van der Waals surface area contributed by atoms with Crippen molar-refractivity contribution >= 4 is 0 Å². The van der Waals surface area contributed by atoms with E-state index in [0.717, 1.165) is 37.8 Å². The van der Waals surface area contributed by atoms with E-state index in [1.165, 1.54) is 12.0 Å². The van der Waals surface area contributed by atoms with Gasteiger partial charge in [0.15, 0.2) is 0 Å². The number of alkyl halides is 2. The fraction of sp³-hybridized carbons (Fsp3) is 0.529. The normalized spacial score (nSPS) is 16.7. The van der Waals surface area contributed by atoms with Gasteiger partial charge in [0.05, 0.1) is 6.04 Å². The minimum absolute atomic E-state index is 0.0276. The molecule has 1 aromatic rings. The lowest BCUT2D eigenvalue weighted by molar-refractivity contribution is -0.0506. The molecule has 2 rings (SSSR count). The van der Waals surface area contributed by atoms with Crippen LogP contribution in [0.3, 0.4) is 0 Å². The summed E-state index contributed by atoms with van der Waals surface area (Å²) in [4.78, 5) is 0. The van der Waals surface area contributed by atoms with Gasteiger partial charge in [-0.2, -0.15) is 8.78 Å². The summed E-state index contributed by atoms with van der Waals surface area (Å²) in [6.45, 7) is 0.157. The monoisotopic (exact) mass is 295 g/mol. The lowest BCUT2D eigenvalue weighted by Crippen LogP contribution is -2.25. The highest BCUT2D eigenvalue weighted by Gasteiger charge is 2.22. The third kappa shape index (κ3) is 4.53. The van der Waals surface area contributed by atoms with Gasteiger partial charge < -0.3 is 10.1 Å². The Bertz CT molecular complexity index is 474. The van der Waals surface area contributed by atoms with Crippen LogP contribution in [0, 0.1) is 0 Å². The Morgan fingerprint density at radius 3 is 2.71 bits per heavy atom. The second kappa shape index (κ2) is 8.13. The molecule has 1 aliphatic rings.